The van der Waals surface area contributed by atoms with Crippen molar-refractivity contribution < 1.29 is 39.1 Å². The molecule has 0 saturated carbocycles. The van der Waals surface area contributed by atoms with Crippen LogP contribution in [0.15, 0.2) is 116 Å². The molecule has 1 heterocycles. The lowest BCUT2D eigenvalue weighted by atomic mass is 9.98. The summed E-state index contributed by atoms with van der Waals surface area (Å²) in [6, 6.07) is 25.0. The van der Waals surface area contributed by atoms with Crippen LogP contribution in [0.4, 0.5) is 5.69 Å². The van der Waals surface area contributed by atoms with Crippen LogP contribution < -0.4 is 27.0 Å². The zero-order valence-electron chi connectivity index (χ0n) is 39.2. The number of amides is 4. The number of hydrogen-bond acceptors (Lipinski definition) is 10. The van der Waals surface area contributed by atoms with Crippen LogP contribution >= 0.6 is 0 Å². The summed E-state index contributed by atoms with van der Waals surface area (Å²) in [5.41, 5.74) is 10.2. The van der Waals surface area contributed by atoms with Crippen molar-refractivity contribution in [2.45, 2.75) is 121 Å². The molecule has 366 valence electrons. The Morgan fingerprint density at radius 1 is 0.725 bits per heavy atom. The molecule has 1 aromatic heterocycles. The number of aliphatic carboxylic acids is 1. The Kier molecular flexibility index (Phi) is 20.4. The Bertz CT molecular complexity index is 2430. The summed E-state index contributed by atoms with van der Waals surface area (Å²) in [6.45, 7) is 4.37. The first-order chi connectivity index (χ1) is 33.2. The monoisotopic (exact) mass is 944 g/mol. The van der Waals surface area contributed by atoms with Crippen molar-refractivity contribution in [2.24, 2.45) is 5.73 Å². The maximum absolute atomic E-state index is 14.3. The minimum Gasteiger partial charge on any atom is -0.502 e. The topological polar surface area (TPSA) is 261 Å². The first-order valence-electron chi connectivity index (χ1n) is 23.5. The number of phenols is 1. The Labute approximate surface area is 402 Å². The largest absolute Gasteiger partial charge is 0.502 e. The van der Waals surface area contributed by atoms with Gasteiger partial charge in [0.25, 0.3) is 0 Å². The SMILES string of the molecule is CCCCCCCC(=O)NCCCC[C@H](NC(=O)[C@@H](N)Cc1cn(C(c2ccccc2)c2ccccc2)cn1)C(=O)N[C@H](Cc1ccc(C)cc1)C(=O)NC(Cc1ccc(O)c([N+](=O)[O-])c1)C(=O)O. The van der Waals surface area contributed by atoms with Gasteiger partial charge in [0.15, 0.2) is 5.75 Å². The van der Waals surface area contributed by atoms with E-state index in [1.807, 2.05) is 90.5 Å². The van der Waals surface area contributed by atoms with Crippen molar-refractivity contribution in [2.75, 3.05) is 6.54 Å². The van der Waals surface area contributed by atoms with E-state index >= 15 is 0 Å². The molecule has 0 saturated heterocycles. The molecule has 0 aliphatic rings. The maximum Gasteiger partial charge on any atom is 0.326 e. The minimum atomic E-state index is -1.58. The van der Waals surface area contributed by atoms with E-state index in [2.05, 4.69) is 33.2 Å². The van der Waals surface area contributed by atoms with Crippen LogP contribution in [0.5, 0.6) is 5.75 Å². The van der Waals surface area contributed by atoms with Crippen LogP contribution in [-0.4, -0.2) is 85.0 Å². The fourth-order valence-electron chi connectivity index (χ4n) is 7.97. The van der Waals surface area contributed by atoms with E-state index in [1.165, 1.54) is 6.07 Å². The molecular formula is C52H64N8O9. The van der Waals surface area contributed by atoms with Crippen molar-refractivity contribution in [3.63, 3.8) is 0 Å². The zero-order chi connectivity index (χ0) is 49.7. The molecule has 0 bridgehead atoms. The van der Waals surface area contributed by atoms with E-state index in [9.17, 15) is 44.3 Å². The van der Waals surface area contributed by atoms with Crippen LogP contribution in [0.3, 0.4) is 0 Å². The van der Waals surface area contributed by atoms with Gasteiger partial charge in [0.1, 0.15) is 18.1 Å². The zero-order valence-corrected chi connectivity index (χ0v) is 39.2. The van der Waals surface area contributed by atoms with Gasteiger partial charge in [-0.05, 0) is 60.9 Å². The lowest BCUT2D eigenvalue weighted by molar-refractivity contribution is -0.385. The molecule has 0 aliphatic heterocycles. The number of nitro benzene ring substituents is 1. The van der Waals surface area contributed by atoms with E-state index < -0.39 is 64.2 Å². The van der Waals surface area contributed by atoms with E-state index in [-0.39, 0.29) is 43.2 Å². The Balaban J connectivity index is 1.32. The molecule has 69 heavy (non-hydrogen) atoms. The van der Waals surface area contributed by atoms with Gasteiger partial charge < -0.3 is 41.8 Å². The van der Waals surface area contributed by atoms with Crippen molar-refractivity contribution in [3.8, 4) is 5.75 Å². The van der Waals surface area contributed by atoms with Gasteiger partial charge in [-0.25, -0.2) is 9.78 Å². The molecule has 0 aliphatic carbocycles. The highest BCUT2D eigenvalue weighted by Gasteiger charge is 2.31. The second-order valence-corrected chi connectivity index (χ2v) is 17.4. The van der Waals surface area contributed by atoms with Gasteiger partial charge in [-0.2, -0.15) is 0 Å². The van der Waals surface area contributed by atoms with Gasteiger partial charge in [0.2, 0.25) is 23.6 Å². The number of nitrogens with zero attached hydrogens (tertiary/aromatic N) is 3. The number of rotatable bonds is 28. The Hall–Kier alpha value is -7.40. The molecule has 5 aromatic rings. The van der Waals surface area contributed by atoms with E-state index in [0.717, 1.165) is 60.9 Å². The molecule has 0 radical (unpaired) electrons. The summed E-state index contributed by atoms with van der Waals surface area (Å²) in [6.07, 6.45) is 9.62. The van der Waals surface area contributed by atoms with Crippen LogP contribution in [-0.2, 0) is 43.2 Å². The van der Waals surface area contributed by atoms with E-state index in [0.29, 0.717) is 37.1 Å². The number of carbonyl (C=O) groups is 5. The molecule has 4 amide bonds. The molecule has 1 unspecified atom stereocenters. The van der Waals surface area contributed by atoms with Crippen molar-refractivity contribution in [1.82, 2.24) is 30.8 Å². The predicted molar refractivity (Wildman–Crippen MR) is 261 cm³/mol. The Morgan fingerprint density at radius 3 is 1.96 bits per heavy atom. The van der Waals surface area contributed by atoms with Gasteiger partial charge in [0.05, 0.1) is 29.0 Å². The number of imidazole rings is 1. The summed E-state index contributed by atoms with van der Waals surface area (Å²) in [5, 5.41) is 42.5. The van der Waals surface area contributed by atoms with Gasteiger partial charge >= 0.3 is 11.7 Å². The van der Waals surface area contributed by atoms with Crippen LogP contribution in [0, 0.1) is 17.0 Å². The number of carbonyl (C=O) groups excluding carboxylic acids is 4. The molecule has 5 rings (SSSR count). The average molecular weight is 945 g/mol. The molecule has 4 atom stereocenters. The molecule has 4 aromatic carbocycles. The number of unbranched alkanes of at least 4 members (excludes halogenated alkanes) is 5. The summed E-state index contributed by atoms with van der Waals surface area (Å²) in [7, 11) is 0. The second kappa shape index (κ2) is 26.8. The smallest absolute Gasteiger partial charge is 0.326 e. The number of carboxylic acid groups (broad SMARTS) is 1. The number of nitrogens with one attached hydrogen (secondary N) is 4. The predicted octanol–water partition coefficient (Wildman–Crippen LogP) is 5.98. The standard InChI is InChI=1S/C52H64N8O9/c1-3-4-5-6-13-21-47(62)54-28-15-14-20-42(56-49(63)41(53)32-40-33-59(34-55-40)48(38-16-9-7-10-17-38)39-18-11-8-12-19-39)50(64)57-43(29-36-24-22-35(2)23-25-36)51(65)58-44(52(66)67)30-37-26-27-46(61)45(31-37)60(68)69/h7-12,16-19,22-27,31,33-34,41-44,48,61H,3-6,13-15,20-21,28-30,32,53H2,1-2H3,(H,54,62)(H,56,63)(H,57,64)(H,58,65)(H,66,67)/t41-,42-,43+,44?/m0/s1. The van der Waals surface area contributed by atoms with Crippen LogP contribution in [0.25, 0.3) is 0 Å². The molecule has 8 N–H and O–H groups in total. The minimum absolute atomic E-state index is 0.0349. The van der Waals surface area contributed by atoms with Crippen LogP contribution in [0.2, 0.25) is 0 Å². The number of aryl methyl sites for hydroxylation is 1. The van der Waals surface area contributed by atoms with Gasteiger partial charge in [-0.1, -0.05) is 129 Å². The fourth-order valence-corrected chi connectivity index (χ4v) is 7.97. The highest BCUT2D eigenvalue weighted by Crippen LogP contribution is 2.28. The lowest BCUT2D eigenvalue weighted by Gasteiger charge is -2.25. The van der Waals surface area contributed by atoms with Crippen molar-refractivity contribution in [1.29, 1.82) is 0 Å². The second-order valence-electron chi connectivity index (χ2n) is 17.4. The third kappa shape index (κ3) is 16.7. The summed E-state index contributed by atoms with van der Waals surface area (Å²) >= 11 is 0. The number of carboxylic acids is 1. The first-order valence-corrected chi connectivity index (χ1v) is 23.5. The van der Waals surface area contributed by atoms with E-state index in [4.69, 9.17) is 5.73 Å². The fraction of sp³-hybridized carbons (Fsp3) is 0.385. The third-order valence-corrected chi connectivity index (χ3v) is 11.8. The molecule has 0 fully saturated rings. The number of hydrogen-bond donors (Lipinski definition) is 7. The quantitative estimate of drug-likeness (QED) is 0.0174. The van der Waals surface area contributed by atoms with Gasteiger partial charge in [-0.15, -0.1) is 0 Å². The lowest BCUT2D eigenvalue weighted by Crippen LogP contribution is -2.58. The molecule has 0 spiro atoms. The summed E-state index contributed by atoms with van der Waals surface area (Å²) < 4.78 is 1.95. The summed E-state index contributed by atoms with van der Waals surface area (Å²) in [5.74, 6) is -4.33. The molecule has 17 nitrogen and oxygen atoms in total. The first kappa shape index (κ1) is 52.6. The maximum atomic E-state index is 14.3. The highest BCUT2D eigenvalue weighted by atomic mass is 16.6. The average Bonchev–Trinajstić information content (AvgIpc) is 3.79. The number of aromatic nitrogens is 2. The third-order valence-electron chi connectivity index (χ3n) is 11.8. The van der Waals surface area contributed by atoms with Crippen molar-refractivity contribution in [3.05, 3.63) is 159 Å². The number of nitrogens with two attached hydrogens (primary N) is 1. The molecule has 17 heteroatoms. The highest BCUT2D eigenvalue weighted by molar-refractivity contribution is 5.94. The number of benzene rings is 4. The molecular weight excluding hydrogens is 881 g/mol. The number of aromatic hydroxyl groups is 1. The van der Waals surface area contributed by atoms with Gasteiger partial charge in [-0.3, -0.25) is 29.3 Å². The van der Waals surface area contributed by atoms with E-state index in [1.54, 1.807) is 18.5 Å². The van der Waals surface area contributed by atoms with Gasteiger partial charge in [0, 0.05) is 44.5 Å². The van der Waals surface area contributed by atoms with Crippen molar-refractivity contribution >= 4 is 35.3 Å². The number of phenolic OH excluding ortho intramolecular Hbond substituents is 1. The summed E-state index contributed by atoms with van der Waals surface area (Å²) in [4.78, 5) is 82.5. The van der Waals surface area contributed by atoms with Crippen LogP contribution in [0.1, 0.15) is 104 Å². The normalized spacial score (nSPS) is 12.9. The Morgan fingerprint density at radius 2 is 1.32 bits per heavy atom. The number of nitro groups is 1.